The molecule has 2 aromatic rings. The molecule has 0 aliphatic carbocycles. The maximum Gasteiger partial charge on any atom is 0.471 e. The van der Waals surface area contributed by atoms with Crippen LogP contribution in [0.5, 0.6) is 11.5 Å². The lowest BCUT2D eigenvalue weighted by Crippen LogP contribution is -2.52. The first-order valence-corrected chi connectivity index (χ1v) is 8.84. The Morgan fingerprint density at radius 1 is 1.18 bits per heavy atom. The van der Waals surface area contributed by atoms with Crippen molar-refractivity contribution in [1.82, 2.24) is 5.32 Å². The van der Waals surface area contributed by atoms with Gasteiger partial charge in [-0.15, -0.1) is 0 Å². The maximum atomic E-state index is 12.9. The molecule has 8 heteroatoms. The summed E-state index contributed by atoms with van der Waals surface area (Å²) in [6.45, 7) is 0.534. The summed E-state index contributed by atoms with van der Waals surface area (Å²) in [6.07, 6.45) is -4.00. The number of nitrogens with one attached hydrogen (secondary N) is 1. The molecular formula is C20H16F3N3O2. The second kappa shape index (κ2) is 6.75. The lowest BCUT2D eigenvalue weighted by molar-refractivity contribution is -0.174. The number of amides is 1. The van der Waals surface area contributed by atoms with Gasteiger partial charge in [-0.2, -0.15) is 18.4 Å². The molecule has 0 unspecified atom stereocenters. The molecular weight excluding hydrogens is 371 g/mol. The zero-order valence-corrected chi connectivity index (χ0v) is 14.7. The smallest absolute Gasteiger partial charge is 0.455 e. The molecule has 144 valence electrons. The molecule has 0 spiro atoms. The number of hydrogen-bond donors (Lipinski definition) is 1. The number of nitriles is 1. The largest absolute Gasteiger partial charge is 0.471 e. The monoisotopic (exact) mass is 387 g/mol. The van der Waals surface area contributed by atoms with Gasteiger partial charge in [0.15, 0.2) is 5.75 Å². The molecule has 0 aromatic heterocycles. The maximum absolute atomic E-state index is 12.9. The first-order valence-electron chi connectivity index (χ1n) is 8.84. The van der Waals surface area contributed by atoms with Crippen LogP contribution < -0.4 is 15.0 Å². The molecule has 2 aliphatic rings. The van der Waals surface area contributed by atoms with E-state index >= 15 is 0 Å². The second-order valence-electron chi connectivity index (χ2n) is 6.76. The van der Waals surface area contributed by atoms with Gasteiger partial charge in [-0.1, -0.05) is 24.3 Å². The number of benzene rings is 2. The normalized spacial score (nSPS) is 20.6. The highest BCUT2D eigenvalue weighted by molar-refractivity contribution is 5.82. The first kappa shape index (κ1) is 18.2. The van der Waals surface area contributed by atoms with Gasteiger partial charge in [0.2, 0.25) is 0 Å². The Bertz CT molecular complexity index is 968. The average molecular weight is 387 g/mol. The molecule has 1 saturated heterocycles. The van der Waals surface area contributed by atoms with Crippen LogP contribution in [0.1, 0.15) is 30.0 Å². The van der Waals surface area contributed by atoms with E-state index in [-0.39, 0.29) is 0 Å². The number of fused-ring (bicyclic) bond motifs is 5. The van der Waals surface area contributed by atoms with Crippen molar-refractivity contribution in [2.45, 2.75) is 31.1 Å². The minimum absolute atomic E-state index is 0.373. The third-order valence-electron chi connectivity index (χ3n) is 5.07. The van der Waals surface area contributed by atoms with Crippen LogP contribution in [-0.2, 0) is 4.79 Å². The van der Waals surface area contributed by atoms with Gasteiger partial charge in [0.25, 0.3) is 0 Å². The first-order chi connectivity index (χ1) is 13.4. The van der Waals surface area contributed by atoms with Crippen molar-refractivity contribution < 1.29 is 22.7 Å². The number of carbonyl (C=O) groups excluding carboxylic acids is 1. The van der Waals surface area contributed by atoms with Gasteiger partial charge in [0.05, 0.1) is 23.3 Å². The van der Waals surface area contributed by atoms with E-state index in [1.54, 1.807) is 42.5 Å². The summed E-state index contributed by atoms with van der Waals surface area (Å²) < 4.78 is 44.6. The molecule has 1 N–H and O–H groups in total. The molecule has 2 atom stereocenters. The Balaban J connectivity index is 1.85. The number of nitrogens with zero attached hydrogens (tertiary/aromatic N) is 2. The van der Waals surface area contributed by atoms with Crippen molar-refractivity contribution in [3.05, 3.63) is 53.6 Å². The van der Waals surface area contributed by atoms with Crippen LogP contribution in [-0.4, -0.2) is 24.7 Å². The molecule has 1 fully saturated rings. The highest BCUT2D eigenvalue weighted by Crippen LogP contribution is 2.48. The fourth-order valence-electron chi connectivity index (χ4n) is 3.96. The van der Waals surface area contributed by atoms with Crippen molar-refractivity contribution in [1.29, 1.82) is 5.26 Å². The predicted octanol–water partition coefficient (Wildman–Crippen LogP) is 4.05. The standard InChI is InChI=1S/C20H16F3N3O2/c21-20(22,23)19(27)25-14-7-4-10-26-17-12(11-24)5-3-9-16(17)28-15-8-2-1-6-13(15)18(14)26/h1-3,5-6,8-9,14,18H,4,7,10H2,(H,25,27)/t14-,18-/m0/s1. The van der Waals surface area contributed by atoms with Crippen molar-refractivity contribution in [2.24, 2.45) is 0 Å². The van der Waals surface area contributed by atoms with Gasteiger partial charge in [-0.25, -0.2) is 0 Å². The van der Waals surface area contributed by atoms with E-state index in [2.05, 4.69) is 11.4 Å². The molecule has 2 aliphatic heterocycles. The molecule has 1 amide bonds. The van der Waals surface area contributed by atoms with Crippen molar-refractivity contribution in [3.63, 3.8) is 0 Å². The quantitative estimate of drug-likeness (QED) is 0.802. The van der Waals surface area contributed by atoms with Crippen molar-refractivity contribution in [2.75, 3.05) is 11.4 Å². The van der Waals surface area contributed by atoms with Crippen LogP contribution in [0.15, 0.2) is 42.5 Å². The second-order valence-corrected chi connectivity index (χ2v) is 6.76. The minimum Gasteiger partial charge on any atom is -0.455 e. The summed E-state index contributed by atoms with van der Waals surface area (Å²) in [7, 11) is 0. The number of halogens is 3. The third kappa shape index (κ3) is 3.03. The Hall–Kier alpha value is -3.21. The van der Waals surface area contributed by atoms with Crippen molar-refractivity contribution in [3.8, 4) is 17.6 Å². The van der Waals surface area contributed by atoms with Gasteiger partial charge in [-0.3, -0.25) is 4.79 Å². The molecule has 5 nitrogen and oxygen atoms in total. The Morgan fingerprint density at radius 2 is 1.93 bits per heavy atom. The van der Waals surface area contributed by atoms with Crippen LogP contribution >= 0.6 is 0 Å². The fraction of sp³-hybridized carbons (Fsp3) is 0.300. The van der Waals surface area contributed by atoms with Gasteiger partial charge in [-0.05, 0) is 31.0 Å². The predicted molar refractivity (Wildman–Crippen MR) is 95.0 cm³/mol. The average Bonchev–Trinajstić information content (AvgIpc) is 2.82. The SMILES string of the molecule is N#Cc1cccc2c1N1CCC[C@H](NC(=O)C(F)(F)F)[C@@H]1c1ccccc1O2. The van der Waals surface area contributed by atoms with Gasteiger partial charge >= 0.3 is 12.1 Å². The minimum atomic E-state index is -4.96. The number of para-hydroxylation sites is 2. The molecule has 0 radical (unpaired) electrons. The molecule has 0 saturated carbocycles. The van der Waals surface area contributed by atoms with E-state index in [1.807, 2.05) is 4.90 Å². The lowest BCUT2D eigenvalue weighted by atomic mass is 9.89. The summed E-state index contributed by atoms with van der Waals surface area (Å²) in [5, 5.41) is 11.7. The summed E-state index contributed by atoms with van der Waals surface area (Å²) in [5.74, 6) is -0.993. The Kier molecular flexibility index (Phi) is 4.38. The molecule has 4 rings (SSSR count). The van der Waals surface area contributed by atoms with Crippen molar-refractivity contribution >= 4 is 11.6 Å². The number of piperidine rings is 1. The number of rotatable bonds is 1. The van der Waals surface area contributed by atoms with E-state index in [0.29, 0.717) is 47.7 Å². The number of alkyl halides is 3. The van der Waals surface area contributed by atoms with Crippen LogP contribution in [0.2, 0.25) is 0 Å². The third-order valence-corrected chi connectivity index (χ3v) is 5.07. The zero-order valence-electron chi connectivity index (χ0n) is 14.7. The van der Waals surface area contributed by atoms with Crippen LogP contribution in [0, 0.1) is 11.3 Å². The number of carbonyl (C=O) groups is 1. The Morgan fingerprint density at radius 3 is 2.68 bits per heavy atom. The summed E-state index contributed by atoms with van der Waals surface area (Å²) >= 11 is 0. The highest BCUT2D eigenvalue weighted by Gasteiger charge is 2.44. The van der Waals surface area contributed by atoms with Gasteiger partial charge in [0.1, 0.15) is 11.8 Å². The highest BCUT2D eigenvalue weighted by atomic mass is 19.4. The summed E-state index contributed by atoms with van der Waals surface area (Å²) in [4.78, 5) is 13.5. The Labute approximate surface area is 159 Å². The van der Waals surface area contributed by atoms with E-state index in [1.165, 1.54) is 0 Å². The summed E-state index contributed by atoms with van der Waals surface area (Å²) in [5.41, 5.74) is 1.59. The molecule has 0 bridgehead atoms. The van der Waals surface area contributed by atoms with E-state index in [9.17, 15) is 23.2 Å². The molecule has 2 heterocycles. The lowest BCUT2D eigenvalue weighted by Gasteiger charge is -2.42. The van der Waals surface area contributed by atoms with E-state index < -0.39 is 24.2 Å². The number of anilines is 1. The molecule has 28 heavy (non-hydrogen) atoms. The van der Waals surface area contributed by atoms with E-state index in [4.69, 9.17) is 4.74 Å². The fourth-order valence-corrected chi connectivity index (χ4v) is 3.96. The van der Waals surface area contributed by atoms with Gasteiger partial charge < -0.3 is 15.0 Å². The van der Waals surface area contributed by atoms with Crippen LogP contribution in [0.4, 0.5) is 18.9 Å². The summed E-state index contributed by atoms with van der Waals surface area (Å²) in [6, 6.07) is 12.9. The zero-order chi connectivity index (χ0) is 19.9. The molecule has 2 aromatic carbocycles. The number of ether oxygens (including phenoxy) is 1. The topological polar surface area (TPSA) is 65.4 Å². The van der Waals surface area contributed by atoms with Gasteiger partial charge in [0, 0.05) is 12.1 Å². The van der Waals surface area contributed by atoms with Crippen LogP contribution in [0.3, 0.4) is 0 Å². The number of hydrogen-bond acceptors (Lipinski definition) is 4. The van der Waals surface area contributed by atoms with Crippen LogP contribution in [0.25, 0.3) is 0 Å². The van der Waals surface area contributed by atoms with E-state index in [0.717, 1.165) is 0 Å².